The Hall–Kier alpha value is -2.89. The average molecular weight is 465 g/mol. The van der Waals surface area contributed by atoms with Gasteiger partial charge in [0.25, 0.3) is 11.5 Å². The molecule has 0 atom stereocenters. The predicted molar refractivity (Wildman–Crippen MR) is 132 cm³/mol. The van der Waals surface area contributed by atoms with Gasteiger partial charge >= 0.3 is 0 Å². The molecule has 2 fully saturated rings. The van der Waals surface area contributed by atoms with Crippen molar-refractivity contribution in [2.75, 3.05) is 18.0 Å². The Morgan fingerprint density at radius 2 is 1.88 bits per heavy atom. The first-order valence-electron chi connectivity index (χ1n) is 10.7. The van der Waals surface area contributed by atoms with Crippen molar-refractivity contribution in [1.29, 1.82) is 5.26 Å². The number of pyridine rings is 1. The maximum absolute atomic E-state index is 13.2. The number of thiocarbonyl (C=S) groups is 1. The number of hydrogen-bond acceptors (Lipinski definition) is 6. The van der Waals surface area contributed by atoms with Gasteiger partial charge in [-0.15, -0.1) is 0 Å². The number of anilines is 1. The van der Waals surface area contributed by atoms with Crippen LogP contribution in [0.2, 0.25) is 0 Å². The van der Waals surface area contributed by atoms with Crippen LogP contribution in [-0.4, -0.2) is 32.8 Å². The van der Waals surface area contributed by atoms with Crippen molar-refractivity contribution in [1.82, 2.24) is 9.47 Å². The normalized spacial score (nSPS) is 17.5. The van der Waals surface area contributed by atoms with Crippen molar-refractivity contribution < 1.29 is 4.79 Å². The highest BCUT2D eigenvalue weighted by molar-refractivity contribution is 8.26. The third-order valence-electron chi connectivity index (χ3n) is 5.90. The number of carbonyl (C=O) groups excluding carboxylic acids is 1. The summed E-state index contributed by atoms with van der Waals surface area (Å²) in [4.78, 5) is 30.5. The number of nitrogens with zero attached hydrogens (tertiary/aromatic N) is 4. The maximum Gasteiger partial charge on any atom is 0.270 e. The van der Waals surface area contributed by atoms with E-state index in [1.165, 1.54) is 11.8 Å². The van der Waals surface area contributed by atoms with Gasteiger partial charge in [0.2, 0.25) is 0 Å². The molecule has 1 aromatic heterocycles. The van der Waals surface area contributed by atoms with Gasteiger partial charge in [-0.1, -0.05) is 54.3 Å². The average Bonchev–Trinajstić information content (AvgIpc) is 3.41. The first-order chi connectivity index (χ1) is 15.5. The molecule has 3 heterocycles. The molecule has 2 aliphatic heterocycles. The highest BCUT2D eigenvalue weighted by Gasteiger charge is 2.33. The Labute approximate surface area is 197 Å². The van der Waals surface area contributed by atoms with Gasteiger partial charge in [0.1, 0.15) is 21.8 Å². The molecule has 0 unspecified atom stereocenters. The topological polar surface area (TPSA) is 69.3 Å². The van der Waals surface area contributed by atoms with E-state index in [9.17, 15) is 14.9 Å². The number of thioether (sulfide) groups is 1. The number of nitriles is 1. The third kappa shape index (κ3) is 3.98. The molecule has 0 aliphatic carbocycles. The number of hydrogen-bond donors (Lipinski definition) is 0. The summed E-state index contributed by atoms with van der Waals surface area (Å²) >= 11 is 6.78. The molecule has 1 aromatic carbocycles. The lowest BCUT2D eigenvalue weighted by Crippen LogP contribution is -2.32. The van der Waals surface area contributed by atoms with E-state index in [0.717, 1.165) is 42.9 Å². The molecule has 0 saturated carbocycles. The molecule has 0 spiro atoms. The summed E-state index contributed by atoms with van der Waals surface area (Å²) in [7, 11) is 0. The number of aromatic nitrogens is 1. The number of benzene rings is 1. The van der Waals surface area contributed by atoms with E-state index in [0.29, 0.717) is 27.9 Å². The molecule has 2 aromatic rings. The van der Waals surface area contributed by atoms with E-state index in [2.05, 4.69) is 11.0 Å². The Kier molecular flexibility index (Phi) is 6.49. The summed E-state index contributed by atoms with van der Waals surface area (Å²) in [6.07, 6.45) is 3.92. The molecule has 1 amide bonds. The number of rotatable bonds is 5. The Balaban J connectivity index is 1.81. The van der Waals surface area contributed by atoms with Gasteiger partial charge in [-0.2, -0.15) is 5.26 Å². The second-order valence-electron chi connectivity index (χ2n) is 7.85. The smallest absolute Gasteiger partial charge is 0.270 e. The fourth-order valence-corrected chi connectivity index (χ4v) is 5.48. The van der Waals surface area contributed by atoms with Crippen LogP contribution in [0.25, 0.3) is 6.08 Å². The van der Waals surface area contributed by atoms with Gasteiger partial charge in [0.15, 0.2) is 0 Å². The first kappa shape index (κ1) is 22.3. The van der Waals surface area contributed by atoms with E-state index >= 15 is 0 Å². The molecule has 6 nitrogen and oxygen atoms in total. The van der Waals surface area contributed by atoms with Gasteiger partial charge in [-0.3, -0.25) is 19.1 Å². The Bertz CT molecular complexity index is 1210. The van der Waals surface area contributed by atoms with Crippen molar-refractivity contribution in [3.8, 4) is 6.07 Å². The summed E-state index contributed by atoms with van der Waals surface area (Å²) in [5, 5.41) is 9.66. The molecule has 0 N–H and O–H groups in total. The second kappa shape index (κ2) is 9.31. The van der Waals surface area contributed by atoms with Crippen LogP contribution in [0.4, 0.5) is 5.82 Å². The van der Waals surface area contributed by atoms with E-state index in [4.69, 9.17) is 12.2 Å². The largest absolute Gasteiger partial charge is 0.357 e. The van der Waals surface area contributed by atoms with Crippen LogP contribution in [0, 0.1) is 18.3 Å². The summed E-state index contributed by atoms with van der Waals surface area (Å²) in [6, 6.07) is 11.8. The van der Waals surface area contributed by atoms with Gasteiger partial charge in [0.05, 0.1) is 11.4 Å². The zero-order valence-corrected chi connectivity index (χ0v) is 19.8. The minimum Gasteiger partial charge on any atom is -0.357 e. The fourth-order valence-electron chi connectivity index (χ4n) is 4.24. The van der Waals surface area contributed by atoms with Crippen molar-refractivity contribution >= 4 is 46.1 Å². The van der Waals surface area contributed by atoms with Gasteiger partial charge in [0, 0.05) is 25.2 Å². The van der Waals surface area contributed by atoms with Crippen LogP contribution in [0.3, 0.4) is 0 Å². The number of carbonyl (C=O) groups is 1. The van der Waals surface area contributed by atoms with Crippen LogP contribution in [0.15, 0.2) is 40.0 Å². The lowest BCUT2D eigenvalue weighted by atomic mass is 10.0. The molecule has 0 radical (unpaired) electrons. The van der Waals surface area contributed by atoms with Crippen molar-refractivity contribution in [2.24, 2.45) is 0 Å². The van der Waals surface area contributed by atoms with Crippen LogP contribution >= 0.6 is 24.0 Å². The van der Waals surface area contributed by atoms with E-state index in [-0.39, 0.29) is 17.0 Å². The summed E-state index contributed by atoms with van der Waals surface area (Å²) in [5.41, 5.74) is 2.22. The maximum atomic E-state index is 13.2. The summed E-state index contributed by atoms with van der Waals surface area (Å²) < 4.78 is 2.17. The van der Waals surface area contributed by atoms with Crippen LogP contribution in [0.1, 0.15) is 42.0 Å². The third-order valence-corrected chi connectivity index (χ3v) is 7.28. The zero-order valence-electron chi connectivity index (χ0n) is 18.1. The molecule has 2 aliphatic rings. The van der Waals surface area contributed by atoms with Crippen molar-refractivity contribution in [2.45, 2.75) is 39.8 Å². The van der Waals surface area contributed by atoms with Gasteiger partial charge in [-0.25, -0.2) is 0 Å². The highest BCUT2D eigenvalue weighted by Crippen LogP contribution is 2.37. The zero-order chi connectivity index (χ0) is 22.8. The fraction of sp³-hybridized carbons (Fsp3) is 0.333. The van der Waals surface area contributed by atoms with Crippen LogP contribution < -0.4 is 10.5 Å². The van der Waals surface area contributed by atoms with E-state index in [1.807, 2.05) is 43.3 Å². The summed E-state index contributed by atoms with van der Waals surface area (Å²) in [6.45, 7) is 6.26. The Morgan fingerprint density at radius 1 is 1.19 bits per heavy atom. The molecule has 0 bridgehead atoms. The minimum absolute atomic E-state index is 0.126. The van der Waals surface area contributed by atoms with Gasteiger partial charge < -0.3 is 4.90 Å². The first-order valence-corrected chi connectivity index (χ1v) is 11.9. The highest BCUT2D eigenvalue weighted by atomic mass is 32.2. The molecule has 8 heteroatoms. The summed E-state index contributed by atoms with van der Waals surface area (Å²) in [5.74, 6) is 0.642. The minimum atomic E-state index is -0.275. The molecule has 2 saturated heterocycles. The standard InChI is InChI=1S/C24H24N4O2S2/c1-3-27-21(26-11-7-8-12-26)18(16(2)19(14-25)22(27)29)13-20-23(30)28(24(31)32-20)15-17-9-5-4-6-10-17/h4-6,9-10,13H,3,7-8,11-12,15H2,1-2H3. The van der Waals surface area contributed by atoms with Crippen LogP contribution in [-0.2, 0) is 17.9 Å². The van der Waals surface area contributed by atoms with E-state index < -0.39 is 0 Å². The molecule has 32 heavy (non-hydrogen) atoms. The molecule has 4 rings (SSSR count). The van der Waals surface area contributed by atoms with E-state index in [1.54, 1.807) is 16.4 Å². The second-order valence-corrected chi connectivity index (χ2v) is 9.52. The lowest BCUT2D eigenvalue weighted by molar-refractivity contribution is -0.122. The SMILES string of the molecule is CCn1c(N2CCCC2)c(C=C2SC(=S)N(Cc3ccccc3)C2=O)c(C)c(C#N)c1=O. The molecular weight excluding hydrogens is 440 g/mol. The quantitative estimate of drug-likeness (QED) is 0.491. The predicted octanol–water partition coefficient (Wildman–Crippen LogP) is 4.05. The molecular formula is C24H24N4O2S2. The lowest BCUT2D eigenvalue weighted by Gasteiger charge is -2.26. The number of amides is 1. The molecule has 164 valence electrons. The van der Waals surface area contributed by atoms with Crippen molar-refractivity contribution in [3.05, 3.63) is 67.8 Å². The van der Waals surface area contributed by atoms with Gasteiger partial charge in [-0.05, 0) is 43.9 Å². The van der Waals surface area contributed by atoms with Crippen LogP contribution in [0.5, 0.6) is 0 Å². The monoisotopic (exact) mass is 464 g/mol. The Morgan fingerprint density at radius 3 is 2.50 bits per heavy atom. The van der Waals surface area contributed by atoms with Crippen molar-refractivity contribution in [3.63, 3.8) is 0 Å².